The lowest BCUT2D eigenvalue weighted by Crippen LogP contribution is -2.24. The standard InChI is InChI=1S/C16H25N3S/c1-11-14-8-12(9-17)6-7-15(14)19-16(18-11)10-20-13-4-2-3-5-13/h12-13H,2-10,17H2,1H3. The molecular weight excluding hydrogens is 266 g/mol. The molecule has 4 heteroatoms. The predicted octanol–water partition coefficient (Wildman–Crippen LogP) is 3.02. The number of aromatic nitrogens is 2. The molecular formula is C16H25N3S. The molecule has 0 aliphatic heterocycles. The maximum Gasteiger partial charge on any atom is 0.138 e. The summed E-state index contributed by atoms with van der Waals surface area (Å²) in [4.78, 5) is 9.57. The summed E-state index contributed by atoms with van der Waals surface area (Å²) < 4.78 is 0. The van der Waals surface area contributed by atoms with Crippen LogP contribution in [0.4, 0.5) is 0 Å². The SMILES string of the molecule is Cc1nc(CSC2CCCC2)nc2c1CC(CN)CC2. The maximum absolute atomic E-state index is 5.81. The van der Waals surface area contributed by atoms with Gasteiger partial charge in [-0.1, -0.05) is 12.8 Å². The minimum atomic E-state index is 0.628. The van der Waals surface area contributed by atoms with Gasteiger partial charge in [0.25, 0.3) is 0 Å². The van der Waals surface area contributed by atoms with Crippen LogP contribution >= 0.6 is 11.8 Å². The van der Waals surface area contributed by atoms with Crippen LogP contribution in [0.2, 0.25) is 0 Å². The first-order chi connectivity index (χ1) is 9.76. The van der Waals surface area contributed by atoms with Crippen LogP contribution in [0.15, 0.2) is 0 Å². The molecule has 1 aromatic heterocycles. The van der Waals surface area contributed by atoms with Crippen molar-refractivity contribution in [1.29, 1.82) is 0 Å². The summed E-state index contributed by atoms with van der Waals surface area (Å²) in [5, 5.41) is 0.844. The van der Waals surface area contributed by atoms with Crippen molar-refractivity contribution in [3.05, 3.63) is 22.8 Å². The average Bonchev–Trinajstić information content (AvgIpc) is 2.98. The van der Waals surface area contributed by atoms with Crippen LogP contribution < -0.4 is 5.73 Å². The molecule has 1 atom stereocenters. The average molecular weight is 291 g/mol. The Balaban J connectivity index is 1.69. The Bertz CT molecular complexity index is 469. The molecule has 1 aromatic rings. The largest absolute Gasteiger partial charge is 0.330 e. The van der Waals surface area contributed by atoms with Crippen LogP contribution in [-0.2, 0) is 18.6 Å². The van der Waals surface area contributed by atoms with Crippen LogP contribution in [0.25, 0.3) is 0 Å². The number of aryl methyl sites for hydroxylation is 2. The van der Waals surface area contributed by atoms with Crippen LogP contribution in [0, 0.1) is 12.8 Å². The van der Waals surface area contributed by atoms with Gasteiger partial charge in [0.15, 0.2) is 0 Å². The minimum Gasteiger partial charge on any atom is -0.330 e. The van der Waals surface area contributed by atoms with Crippen LogP contribution in [0.5, 0.6) is 0 Å². The van der Waals surface area contributed by atoms with Crippen molar-refractivity contribution in [2.45, 2.75) is 62.9 Å². The van der Waals surface area contributed by atoms with E-state index < -0.39 is 0 Å². The van der Waals surface area contributed by atoms with E-state index in [0.29, 0.717) is 5.92 Å². The normalized spacial score (nSPS) is 23.0. The number of nitrogens with zero attached hydrogens (tertiary/aromatic N) is 2. The third kappa shape index (κ3) is 3.17. The Morgan fingerprint density at radius 1 is 1.20 bits per heavy atom. The highest BCUT2D eigenvalue weighted by Crippen LogP contribution is 2.32. The van der Waals surface area contributed by atoms with E-state index in [0.717, 1.165) is 36.2 Å². The van der Waals surface area contributed by atoms with Gasteiger partial charge in [0.05, 0.1) is 5.75 Å². The van der Waals surface area contributed by atoms with Gasteiger partial charge in [0, 0.05) is 16.6 Å². The first-order valence-corrected chi connectivity index (χ1v) is 8.98. The molecule has 2 N–H and O–H groups in total. The van der Waals surface area contributed by atoms with Crippen molar-refractivity contribution in [2.75, 3.05) is 6.54 Å². The molecule has 3 rings (SSSR count). The molecule has 0 saturated heterocycles. The third-order valence-corrected chi connectivity index (χ3v) is 6.08. The van der Waals surface area contributed by atoms with Gasteiger partial charge < -0.3 is 5.73 Å². The topological polar surface area (TPSA) is 51.8 Å². The molecule has 0 amide bonds. The van der Waals surface area contributed by atoms with E-state index in [4.69, 9.17) is 15.7 Å². The summed E-state index contributed by atoms with van der Waals surface area (Å²) in [6.45, 7) is 2.93. The Morgan fingerprint density at radius 3 is 2.75 bits per heavy atom. The second kappa shape index (κ2) is 6.44. The van der Waals surface area contributed by atoms with E-state index >= 15 is 0 Å². The summed E-state index contributed by atoms with van der Waals surface area (Å²) >= 11 is 2.06. The van der Waals surface area contributed by atoms with Crippen molar-refractivity contribution in [3.63, 3.8) is 0 Å². The van der Waals surface area contributed by atoms with E-state index in [1.165, 1.54) is 49.1 Å². The van der Waals surface area contributed by atoms with Gasteiger partial charge in [-0.2, -0.15) is 11.8 Å². The lowest BCUT2D eigenvalue weighted by atomic mass is 9.86. The molecule has 20 heavy (non-hydrogen) atoms. The number of nitrogens with two attached hydrogens (primary N) is 1. The Morgan fingerprint density at radius 2 is 2.00 bits per heavy atom. The van der Waals surface area contributed by atoms with E-state index in [1.807, 2.05) is 0 Å². The molecule has 2 aliphatic rings. The van der Waals surface area contributed by atoms with Gasteiger partial charge in [0.2, 0.25) is 0 Å². The van der Waals surface area contributed by atoms with Crippen molar-refractivity contribution in [1.82, 2.24) is 9.97 Å². The first kappa shape index (κ1) is 14.3. The zero-order valence-corrected chi connectivity index (χ0v) is 13.2. The number of rotatable bonds is 4. The quantitative estimate of drug-likeness (QED) is 0.926. The van der Waals surface area contributed by atoms with Crippen molar-refractivity contribution < 1.29 is 0 Å². The fraction of sp³-hybridized carbons (Fsp3) is 0.750. The summed E-state index contributed by atoms with van der Waals surface area (Å²) in [5.41, 5.74) is 9.68. The van der Waals surface area contributed by atoms with Crippen LogP contribution in [-0.4, -0.2) is 21.8 Å². The van der Waals surface area contributed by atoms with E-state index in [9.17, 15) is 0 Å². The molecule has 110 valence electrons. The Kier molecular flexibility index (Phi) is 4.61. The molecule has 0 aromatic carbocycles. The summed E-state index contributed by atoms with van der Waals surface area (Å²) in [7, 11) is 0. The summed E-state index contributed by atoms with van der Waals surface area (Å²) in [6, 6.07) is 0. The smallest absolute Gasteiger partial charge is 0.138 e. The fourth-order valence-electron chi connectivity index (χ4n) is 3.44. The highest BCUT2D eigenvalue weighted by atomic mass is 32.2. The lowest BCUT2D eigenvalue weighted by molar-refractivity contribution is 0.458. The van der Waals surface area contributed by atoms with Gasteiger partial charge in [-0.25, -0.2) is 9.97 Å². The Labute approximate surface area is 126 Å². The molecule has 2 aliphatic carbocycles. The van der Waals surface area contributed by atoms with Gasteiger partial charge in [-0.15, -0.1) is 0 Å². The molecule has 1 saturated carbocycles. The zero-order valence-electron chi connectivity index (χ0n) is 12.4. The number of thioether (sulfide) groups is 1. The number of fused-ring (bicyclic) bond motifs is 1. The zero-order chi connectivity index (χ0) is 13.9. The Hall–Kier alpha value is -0.610. The molecule has 0 bridgehead atoms. The number of hydrogen-bond donors (Lipinski definition) is 1. The fourth-order valence-corrected chi connectivity index (χ4v) is 4.62. The molecule has 0 spiro atoms. The first-order valence-electron chi connectivity index (χ1n) is 7.93. The van der Waals surface area contributed by atoms with Crippen molar-refractivity contribution in [2.24, 2.45) is 11.7 Å². The van der Waals surface area contributed by atoms with Crippen molar-refractivity contribution in [3.8, 4) is 0 Å². The van der Waals surface area contributed by atoms with E-state index in [-0.39, 0.29) is 0 Å². The van der Waals surface area contributed by atoms with Crippen LogP contribution in [0.1, 0.15) is 54.9 Å². The molecule has 1 fully saturated rings. The highest BCUT2D eigenvalue weighted by Gasteiger charge is 2.22. The minimum absolute atomic E-state index is 0.628. The molecule has 1 unspecified atom stereocenters. The second-order valence-electron chi connectivity index (χ2n) is 6.21. The van der Waals surface area contributed by atoms with Gasteiger partial charge >= 0.3 is 0 Å². The van der Waals surface area contributed by atoms with Crippen LogP contribution in [0.3, 0.4) is 0 Å². The summed E-state index contributed by atoms with van der Waals surface area (Å²) in [5.74, 6) is 2.66. The van der Waals surface area contributed by atoms with Gasteiger partial charge in [-0.3, -0.25) is 0 Å². The van der Waals surface area contributed by atoms with Gasteiger partial charge in [-0.05, 0) is 57.1 Å². The van der Waals surface area contributed by atoms with Gasteiger partial charge in [0.1, 0.15) is 5.82 Å². The molecule has 3 nitrogen and oxygen atoms in total. The van der Waals surface area contributed by atoms with E-state index in [2.05, 4.69) is 18.7 Å². The predicted molar refractivity (Wildman–Crippen MR) is 84.9 cm³/mol. The monoisotopic (exact) mass is 291 g/mol. The highest BCUT2D eigenvalue weighted by molar-refractivity contribution is 7.99. The second-order valence-corrected chi connectivity index (χ2v) is 7.50. The lowest BCUT2D eigenvalue weighted by Gasteiger charge is -2.24. The summed E-state index contributed by atoms with van der Waals surface area (Å²) in [6.07, 6.45) is 8.93. The number of hydrogen-bond acceptors (Lipinski definition) is 4. The molecule has 1 heterocycles. The maximum atomic E-state index is 5.81. The molecule has 0 radical (unpaired) electrons. The van der Waals surface area contributed by atoms with Crippen molar-refractivity contribution >= 4 is 11.8 Å². The third-order valence-electron chi connectivity index (χ3n) is 4.71. The van der Waals surface area contributed by atoms with E-state index in [1.54, 1.807) is 0 Å².